The van der Waals surface area contributed by atoms with Crippen molar-refractivity contribution in [3.05, 3.63) is 30.1 Å². The lowest BCUT2D eigenvalue weighted by atomic mass is 9.85. The molecule has 2 N–H and O–H groups in total. The Balaban J connectivity index is 1.36. The molecule has 1 aromatic rings. The number of nitrogens with one attached hydrogen (secondary N) is 2. The summed E-state index contributed by atoms with van der Waals surface area (Å²) in [6, 6.07) is 5.33. The fourth-order valence-electron chi connectivity index (χ4n) is 3.94. The van der Waals surface area contributed by atoms with E-state index in [9.17, 15) is 4.79 Å². The van der Waals surface area contributed by atoms with Crippen LogP contribution in [0.5, 0.6) is 0 Å². The summed E-state index contributed by atoms with van der Waals surface area (Å²) in [5, 5.41) is 7.01. The van der Waals surface area contributed by atoms with Crippen molar-refractivity contribution in [1.29, 1.82) is 0 Å². The molecule has 1 saturated heterocycles. The molecule has 0 unspecified atom stereocenters. The van der Waals surface area contributed by atoms with Crippen LogP contribution >= 0.6 is 0 Å². The third kappa shape index (κ3) is 5.50. The van der Waals surface area contributed by atoms with Crippen molar-refractivity contribution < 1.29 is 4.79 Å². The van der Waals surface area contributed by atoms with E-state index in [0.29, 0.717) is 24.7 Å². The monoisotopic (exact) mass is 359 g/mol. The lowest BCUT2D eigenvalue weighted by Crippen LogP contribution is -2.60. The number of hydrogen-bond acceptors (Lipinski definition) is 5. The second kappa shape index (κ2) is 9.44. The van der Waals surface area contributed by atoms with Crippen LogP contribution in [-0.4, -0.2) is 72.0 Å². The van der Waals surface area contributed by atoms with E-state index >= 15 is 0 Å². The van der Waals surface area contributed by atoms with Gasteiger partial charge in [0.15, 0.2) is 0 Å². The number of likely N-dealkylation sites (N-methyl/N-ethyl adjacent to an activating group) is 1. The molecule has 6 heteroatoms. The topological polar surface area (TPSA) is 60.5 Å². The quantitative estimate of drug-likeness (QED) is 0.731. The number of rotatable bonds is 8. The van der Waals surface area contributed by atoms with Crippen molar-refractivity contribution in [2.75, 3.05) is 33.2 Å². The first-order chi connectivity index (χ1) is 12.6. The smallest absolute Gasteiger partial charge is 0.234 e. The van der Waals surface area contributed by atoms with E-state index in [2.05, 4.69) is 27.4 Å². The Labute approximate surface area is 157 Å². The fourth-order valence-corrected chi connectivity index (χ4v) is 3.94. The van der Waals surface area contributed by atoms with Crippen LogP contribution in [0, 0.1) is 0 Å². The van der Waals surface area contributed by atoms with E-state index < -0.39 is 0 Å². The Morgan fingerprint density at radius 1 is 1.19 bits per heavy atom. The van der Waals surface area contributed by atoms with Crippen LogP contribution in [0.25, 0.3) is 0 Å². The van der Waals surface area contributed by atoms with Crippen LogP contribution in [0.15, 0.2) is 24.5 Å². The number of amides is 1. The summed E-state index contributed by atoms with van der Waals surface area (Å²) in [5.41, 5.74) is 1.18. The molecule has 26 heavy (non-hydrogen) atoms. The van der Waals surface area contributed by atoms with Crippen LogP contribution in [0.3, 0.4) is 0 Å². The van der Waals surface area contributed by atoms with E-state index in [1.165, 1.54) is 37.9 Å². The van der Waals surface area contributed by atoms with Crippen molar-refractivity contribution in [3.63, 3.8) is 0 Å². The number of likely N-dealkylation sites (tertiary alicyclic amines) is 1. The first-order valence-electron chi connectivity index (χ1n) is 9.99. The molecular formula is C20H33N5O. The maximum atomic E-state index is 12.4. The first kappa shape index (κ1) is 19.3. The number of piperidine rings is 1. The molecule has 2 aliphatic rings. The predicted molar refractivity (Wildman–Crippen MR) is 104 cm³/mol. The molecule has 1 amide bonds. The number of carbonyl (C=O) groups is 1. The maximum Gasteiger partial charge on any atom is 0.234 e. The van der Waals surface area contributed by atoms with E-state index in [1.807, 2.05) is 24.1 Å². The summed E-state index contributed by atoms with van der Waals surface area (Å²) < 4.78 is 0. The van der Waals surface area contributed by atoms with Gasteiger partial charge in [-0.3, -0.25) is 14.7 Å². The number of carbonyl (C=O) groups excluding carboxylic acids is 1. The number of pyridine rings is 1. The fraction of sp³-hybridized carbons (Fsp3) is 0.700. The van der Waals surface area contributed by atoms with Gasteiger partial charge < -0.3 is 15.5 Å². The standard InChI is InChI=1S/C20H33N5O/c1-3-25-12-8-17(9-13-25)22-18-4-5-19(18)23-20(26)15-24(2)14-16-6-10-21-11-7-16/h6-7,10-11,17-19,22H,3-5,8-9,12-15H2,1-2H3,(H,23,26)/t18-,19+/m1/s1. The molecule has 0 bridgehead atoms. The highest BCUT2D eigenvalue weighted by molar-refractivity contribution is 5.78. The highest BCUT2D eigenvalue weighted by Gasteiger charge is 2.34. The molecule has 1 saturated carbocycles. The molecule has 2 atom stereocenters. The second-order valence-electron chi connectivity index (χ2n) is 7.76. The largest absolute Gasteiger partial charge is 0.351 e. The Hall–Kier alpha value is -1.50. The average Bonchev–Trinajstić information content (AvgIpc) is 2.64. The van der Waals surface area contributed by atoms with Gasteiger partial charge in [0.2, 0.25) is 5.91 Å². The minimum atomic E-state index is 0.124. The molecule has 1 aliphatic carbocycles. The highest BCUT2D eigenvalue weighted by Crippen LogP contribution is 2.22. The molecule has 2 heterocycles. The number of aromatic nitrogens is 1. The van der Waals surface area contributed by atoms with Gasteiger partial charge in [-0.2, -0.15) is 0 Å². The van der Waals surface area contributed by atoms with Crippen LogP contribution in [0.4, 0.5) is 0 Å². The minimum absolute atomic E-state index is 0.124. The van der Waals surface area contributed by atoms with Gasteiger partial charge >= 0.3 is 0 Å². The van der Waals surface area contributed by atoms with Crippen LogP contribution in [0.1, 0.15) is 38.2 Å². The normalized spacial score (nSPS) is 24.4. The molecule has 2 fully saturated rings. The first-order valence-corrected chi connectivity index (χ1v) is 9.99. The summed E-state index contributed by atoms with van der Waals surface area (Å²) in [6.07, 6.45) is 8.29. The van der Waals surface area contributed by atoms with E-state index in [4.69, 9.17) is 0 Å². The van der Waals surface area contributed by atoms with Crippen molar-refractivity contribution >= 4 is 5.91 Å². The van der Waals surface area contributed by atoms with Gasteiger partial charge in [-0.25, -0.2) is 0 Å². The van der Waals surface area contributed by atoms with Crippen molar-refractivity contribution in [2.45, 2.75) is 57.3 Å². The summed E-state index contributed by atoms with van der Waals surface area (Å²) in [4.78, 5) is 21.0. The zero-order valence-electron chi connectivity index (χ0n) is 16.2. The van der Waals surface area contributed by atoms with E-state index in [0.717, 1.165) is 19.5 Å². The van der Waals surface area contributed by atoms with Crippen molar-refractivity contribution in [2.24, 2.45) is 0 Å². The van der Waals surface area contributed by atoms with Crippen molar-refractivity contribution in [1.82, 2.24) is 25.4 Å². The van der Waals surface area contributed by atoms with E-state index in [1.54, 1.807) is 12.4 Å². The summed E-state index contributed by atoms with van der Waals surface area (Å²) in [5.74, 6) is 0.124. The van der Waals surface area contributed by atoms with Gasteiger partial charge in [0.25, 0.3) is 0 Å². The Morgan fingerprint density at radius 2 is 1.88 bits per heavy atom. The zero-order chi connectivity index (χ0) is 18.4. The number of hydrogen-bond donors (Lipinski definition) is 2. The minimum Gasteiger partial charge on any atom is -0.351 e. The SMILES string of the molecule is CCN1CCC(N[C@@H]2CC[C@@H]2NC(=O)CN(C)Cc2ccncc2)CC1. The molecule has 0 aromatic carbocycles. The molecule has 1 aliphatic heterocycles. The maximum absolute atomic E-state index is 12.4. The summed E-state index contributed by atoms with van der Waals surface area (Å²) in [7, 11) is 1.98. The second-order valence-corrected chi connectivity index (χ2v) is 7.76. The molecule has 1 aromatic heterocycles. The van der Waals surface area contributed by atoms with Crippen LogP contribution in [-0.2, 0) is 11.3 Å². The highest BCUT2D eigenvalue weighted by atomic mass is 16.2. The van der Waals surface area contributed by atoms with Crippen LogP contribution < -0.4 is 10.6 Å². The molecular weight excluding hydrogens is 326 g/mol. The third-order valence-corrected chi connectivity index (χ3v) is 5.72. The van der Waals surface area contributed by atoms with Gasteiger partial charge in [0.1, 0.15) is 0 Å². The molecule has 0 radical (unpaired) electrons. The molecule has 6 nitrogen and oxygen atoms in total. The van der Waals surface area contributed by atoms with Gasteiger partial charge in [-0.1, -0.05) is 6.92 Å². The van der Waals surface area contributed by atoms with E-state index in [-0.39, 0.29) is 5.91 Å². The molecule has 0 spiro atoms. The predicted octanol–water partition coefficient (Wildman–Crippen LogP) is 1.23. The van der Waals surface area contributed by atoms with Gasteiger partial charge in [-0.05, 0) is 70.1 Å². The Morgan fingerprint density at radius 3 is 2.50 bits per heavy atom. The summed E-state index contributed by atoms with van der Waals surface area (Å²) in [6.45, 7) is 6.97. The molecule has 3 rings (SSSR count). The van der Waals surface area contributed by atoms with Gasteiger partial charge in [0.05, 0.1) is 6.54 Å². The van der Waals surface area contributed by atoms with Gasteiger partial charge in [0, 0.05) is 37.1 Å². The Kier molecular flexibility index (Phi) is 7.00. The summed E-state index contributed by atoms with van der Waals surface area (Å²) >= 11 is 0. The number of nitrogens with zero attached hydrogens (tertiary/aromatic N) is 3. The lowest BCUT2D eigenvalue weighted by molar-refractivity contribution is -0.123. The zero-order valence-corrected chi connectivity index (χ0v) is 16.2. The third-order valence-electron chi connectivity index (χ3n) is 5.72. The van der Waals surface area contributed by atoms with Gasteiger partial charge in [-0.15, -0.1) is 0 Å². The lowest BCUT2D eigenvalue weighted by Gasteiger charge is -2.42. The average molecular weight is 360 g/mol. The molecule has 144 valence electrons. The van der Waals surface area contributed by atoms with Crippen molar-refractivity contribution in [3.8, 4) is 0 Å². The Bertz CT molecular complexity index is 559. The van der Waals surface area contributed by atoms with Crippen LogP contribution in [0.2, 0.25) is 0 Å².